The maximum Gasteiger partial charge on any atom is 0.251 e. The lowest BCUT2D eigenvalue weighted by Crippen LogP contribution is -2.44. The summed E-state index contributed by atoms with van der Waals surface area (Å²) in [5.74, 6) is 0.758. The first-order valence-electron chi connectivity index (χ1n) is 11.1. The van der Waals surface area contributed by atoms with Gasteiger partial charge in [-0.3, -0.25) is 9.10 Å². The summed E-state index contributed by atoms with van der Waals surface area (Å²) >= 11 is 0. The predicted molar refractivity (Wildman–Crippen MR) is 122 cm³/mol. The molecule has 0 saturated carbocycles. The number of carbonyl (C=O) groups is 1. The lowest BCUT2D eigenvalue weighted by atomic mass is 9.83. The van der Waals surface area contributed by atoms with Gasteiger partial charge in [0.15, 0.2) is 0 Å². The first kappa shape index (κ1) is 21.7. The van der Waals surface area contributed by atoms with Crippen LogP contribution in [0.1, 0.15) is 67.9 Å². The van der Waals surface area contributed by atoms with Crippen LogP contribution in [0, 0.1) is 0 Å². The molecule has 0 bridgehead atoms. The highest BCUT2D eigenvalue weighted by molar-refractivity contribution is 7.92. The summed E-state index contributed by atoms with van der Waals surface area (Å²) in [5, 5.41) is 3.18. The fourth-order valence-electron chi connectivity index (χ4n) is 4.55. The Bertz CT molecular complexity index is 1060. The van der Waals surface area contributed by atoms with Gasteiger partial charge in [-0.25, -0.2) is 8.42 Å². The van der Waals surface area contributed by atoms with Gasteiger partial charge in [-0.15, -0.1) is 0 Å². The van der Waals surface area contributed by atoms with Gasteiger partial charge in [0, 0.05) is 24.1 Å². The third-order valence-corrected chi connectivity index (χ3v) is 8.41. The molecule has 2 aromatic carbocycles. The van der Waals surface area contributed by atoms with E-state index < -0.39 is 10.0 Å². The molecular weight excluding hydrogens is 412 g/mol. The van der Waals surface area contributed by atoms with E-state index in [0.717, 1.165) is 30.6 Å². The van der Waals surface area contributed by atoms with Crippen LogP contribution in [0.4, 0.5) is 5.69 Å². The Morgan fingerprint density at radius 1 is 1.13 bits per heavy atom. The van der Waals surface area contributed by atoms with Crippen LogP contribution in [0.25, 0.3) is 0 Å². The lowest BCUT2D eigenvalue weighted by molar-refractivity contribution is 0.0227. The molecule has 0 radical (unpaired) electrons. The van der Waals surface area contributed by atoms with Crippen molar-refractivity contribution in [1.82, 2.24) is 5.32 Å². The van der Waals surface area contributed by atoms with Gasteiger partial charge < -0.3 is 10.1 Å². The fraction of sp³-hybridized carbons (Fsp3) is 0.458. The summed E-state index contributed by atoms with van der Waals surface area (Å²) in [5.41, 5.74) is 1.68. The van der Waals surface area contributed by atoms with E-state index in [4.69, 9.17) is 4.74 Å². The molecule has 166 valence electrons. The Balaban J connectivity index is 1.60. The van der Waals surface area contributed by atoms with Gasteiger partial charge in [-0.05, 0) is 49.9 Å². The van der Waals surface area contributed by atoms with Crippen LogP contribution >= 0.6 is 0 Å². The van der Waals surface area contributed by atoms with E-state index in [1.807, 2.05) is 24.3 Å². The van der Waals surface area contributed by atoms with Gasteiger partial charge in [0.05, 0.1) is 17.5 Å². The number of amides is 1. The van der Waals surface area contributed by atoms with Crippen molar-refractivity contribution in [2.45, 2.75) is 57.6 Å². The summed E-state index contributed by atoms with van der Waals surface area (Å²) in [6.07, 6.45) is 3.91. The normalized spacial score (nSPS) is 21.6. The average molecular weight is 443 g/mol. The molecule has 0 aliphatic carbocycles. The van der Waals surface area contributed by atoms with E-state index in [-0.39, 0.29) is 23.3 Å². The van der Waals surface area contributed by atoms with Gasteiger partial charge in [0.2, 0.25) is 10.0 Å². The number of benzene rings is 2. The largest absolute Gasteiger partial charge is 0.487 e. The summed E-state index contributed by atoms with van der Waals surface area (Å²) in [4.78, 5) is 13.2. The molecule has 6 nitrogen and oxygen atoms in total. The van der Waals surface area contributed by atoms with E-state index in [1.54, 1.807) is 24.3 Å². The molecule has 0 aromatic heterocycles. The van der Waals surface area contributed by atoms with Crippen LogP contribution in [0.15, 0.2) is 48.5 Å². The predicted octanol–water partition coefficient (Wildman–Crippen LogP) is 4.43. The zero-order chi connectivity index (χ0) is 22.1. The van der Waals surface area contributed by atoms with Gasteiger partial charge in [0.25, 0.3) is 5.91 Å². The van der Waals surface area contributed by atoms with Crippen LogP contribution in [-0.4, -0.2) is 32.2 Å². The van der Waals surface area contributed by atoms with Crippen LogP contribution in [0.5, 0.6) is 5.75 Å². The number of carbonyl (C=O) groups excluding carboxylic acids is 1. The van der Waals surface area contributed by atoms with Gasteiger partial charge >= 0.3 is 0 Å². The van der Waals surface area contributed by atoms with Crippen LogP contribution in [-0.2, 0) is 10.0 Å². The molecule has 1 N–H and O–H groups in total. The summed E-state index contributed by atoms with van der Waals surface area (Å²) in [7, 11) is -3.32. The van der Waals surface area contributed by atoms with Crippen molar-refractivity contribution < 1.29 is 17.9 Å². The number of fused-ring (bicyclic) bond motifs is 1. The SMILES string of the molecule is CCC1(CC)C[C@H](NC(=O)c2cccc(N3CCCCS3(=O)=O)c2)c2ccccc2O1. The number of para-hydroxylation sites is 1. The molecule has 4 rings (SSSR count). The van der Waals surface area contributed by atoms with Crippen molar-refractivity contribution in [1.29, 1.82) is 0 Å². The van der Waals surface area contributed by atoms with Gasteiger partial charge in [0.1, 0.15) is 11.4 Å². The van der Waals surface area contributed by atoms with Crippen LogP contribution in [0.3, 0.4) is 0 Å². The molecule has 2 aliphatic heterocycles. The standard InChI is InChI=1S/C24H30N2O4S/c1-3-24(4-2)17-21(20-12-5-6-13-22(20)30-24)25-23(27)18-10-9-11-19(16-18)26-14-7-8-15-31(26,28)29/h5-6,9-13,16,21H,3-4,7-8,14-15,17H2,1-2H3,(H,25,27)/t21-/m0/s1. The highest BCUT2D eigenvalue weighted by atomic mass is 32.2. The molecule has 1 amide bonds. The molecule has 2 heterocycles. The third-order valence-electron chi connectivity index (χ3n) is 6.54. The fourth-order valence-corrected chi connectivity index (χ4v) is 6.18. The van der Waals surface area contributed by atoms with Crippen molar-refractivity contribution in [3.8, 4) is 5.75 Å². The minimum Gasteiger partial charge on any atom is -0.487 e. The molecule has 1 atom stereocenters. The zero-order valence-corrected chi connectivity index (χ0v) is 19.0. The van der Waals surface area contributed by atoms with Gasteiger partial charge in [-0.2, -0.15) is 0 Å². The van der Waals surface area contributed by atoms with Crippen molar-refractivity contribution in [2.24, 2.45) is 0 Å². The first-order valence-corrected chi connectivity index (χ1v) is 12.7. The molecule has 2 aromatic rings. The number of nitrogens with one attached hydrogen (secondary N) is 1. The van der Waals surface area contributed by atoms with Gasteiger partial charge in [-0.1, -0.05) is 38.1 Å². The molecule has 7 heteroatoms. The second kappa shape index (κ2) is 8.54. The maximum atomic E-state index is 13.2. The van der Waals surface area contributed by atoms with E-state index in [0.29, 0.717) is 30.6 Å². The Morgan fingerprint density at radius 3 is 2.65 bits per heavy atom. The topological polar surface area (TPSA) is 75.7 Å². The van der Waals surface area contributed by atoms with E-state index >= 15 is 0 Å². The number of hydrogen-bond donors (Lipinski definition) is 1. The minimum absolute atomic E-state index is 0.151. The number of nitrogens with zero attached hydrogens (tertiary/aromatic N) is 1. The monoisotopic (exact) mass is 442 g/mol. The second-order valence-corrected chi connectivity index (χ2v) is 10.4. The highest BCUT2D eigenvalue weighted by Gasteiger charge is 2.39. The Labute approximate surface area is 184 Å². The van der Waals surface area contributed by atoms with Crippen LogP contribution < -0.4 is 14.4 Å². The molecular formula is C24H30N2O4S. The zero-order valence-electron chi connectivity index (χ0n) is 18.1. The first-order chi connectivity index (χ1) is 14.9. The minimum atomic E-state index is -3.32. The molecule has 0 unspecified atom stereocenters. The Kier molecular flexibility index (Phi) is 5.97. The molecule has 2 aliphatic rings. The Hall–Kier alpha value is -2.54. The average Bonchev–Trinajstić information content (AvgIpc) is 2.78. The maximum absolute atomic E-state index is 13.2. The molecule has 31 heavy (non-hydrogen) atoms. The lowest BCUT2D eigenvalue weighted by Gasteiger charge is -2.41. The Morgan fingerprint density at radius 2 is 1.90 bits per heavy atom. The molecule has 0 spiro atoms. The number of anilines is 1. The van der Waals surface area contributed by atoms with E-state index in [2.05, 4.69) is 19.2 Å². The molecule has 1 fully saturated rings. The quantitative estimate of drug-likeness (QED) is 0.743. The van der Waals surface area contributed by atoms with Crippen molar-refractivity contribution in [2.75, 3.05) is 16.6 Å². The summed E-state index contributed by atoms with van der Waals surface area (Å²) < 4.78 is 32.7. The third kappa shape index (κ3) is 4.28. The number of sulfonamides is 1. The van der Waals surface area contributed by atoms with E-state index in [9.17, 15) is 13.2 Å². The number of ether oxygens (including phenoxy) is 1. The molecule has 1 saturated heterocycles. The van der Waals surface area contributed by atoms with Crippen LogP contribution in [0.2, 0.25) is 0 Å². The van der Waals surface area contributed by atoms with Crippen molar-refractivity contribution >= 4 is 21.6 Å². The van der Waals surface area contributed by atoms with Crippen molar-refractivity contribution in [3.05, 3.63) is 59.7 Å². The smallest absolute Gasteiger partial charge is 0.251 e. The summed E-state index contributed by atoms with van der Waals surface area (Å²) in [6, 6.07) is 14.6. The van der Waals surface area contributed by atoms with Crippen molar-refractivity contribution in [3.63, 3.8) is 0 Å². The number of rotatable bonds is 5. The second-order valence-electron chi connectivity index (χ2n) is 8.41. The highest BCUT2D eigenvalue weighted by Crippen LogP contribution is 2.42. The number of hydrogen-bond acceptors (Lipinski definition) is 4. The summed E-state index contributed by atoms with van der Waals surface area (Å²) in [6.45, 7) is 4.67. The van der Waals surface area contributed by atoms with E-state index in [1.165, 1.54) is 4.31 Å².